The van der Waals surface area contributed by atoms with E-state index in [4.69, 9.17) is 4.74 Å². The second-order valence-electron chi connectivity index (χ2n) is 5.72. The highest BCUT2D eigenvalue weighted by molar-refractivity contribution is 7.87. The summed E-state index contributed by atoms with van der Waals surface area (Å²) in [5, 5.41) is 4.11. The Balaban J connectivity index is 1.78. The Morgan fingerprint density at radius 2 is 2.24 bits per heavy atom. The van der Waals surface area contributed by atoms with Gasteiger partial charge in [-0.2, -0.15) is 22.5 Å². The number of aromatic nitrogens is 3. The van der Waals surface area contributed by atoms with Gasteiger partial charge in [0.05, 0.1) is 18.8 Å². The summed E-state index contributed by atoms with van der Waals surface area (Å²) >= 11 is 0. The molecule has 1 fully saturated rings. The Hall–Kier alpha value is -1.03. The first kappa shape index (κ1) is 14.9. The molecule has 8 nitrogen and oxygen atoms in total. The highest BCUT2D eigenvalue weighted by Crippen LogP contribution is 2.24. The molecule has 1 saturated heterocycles. The van der Waals surface area contributed by atoms with Crippen molar-refractivity contribution in [2.45, 2.75) is 51.4 Å². The van der Waals surface area contributed by atoms with Crippen LogP contribution in [-0.4, -0.2) is 52.8 Å². The molecular formula is C12H21N5O3S. The van der Waals surface area contributed by atoms with Crippen LogP contribution >= 0.6 is 0 Å². The molecule has 0 amide bonds. The van der Waals surface area contributed by atoms with Crippen molar-refractivity contribution in [3.63, 3.8) is 0 Å². The predicted octanol–water partition coefficient (Wildman–Crippen LogP) is 0.0566. The zero-order valence-electron chi connectivity index (χ0n) is 12.3. The fourth-order valence-corrected chi connectivity index (χ4v) is 4.52. The maximum absolute atomic E-state index is 12.6. The average Bonchev–Trinajstić information content (AvgIpc) is 2.90. The molecule has 1 N–H and O–H groups in total. The van der Waals surface area contributed by atoms with E-state index in [-0.39, 0.29) is 18.2 Å². The van der Waals surface area contributed by atoms with E-state index in [2.05, 4.69) is 14.8 Å². The van der Waals surface area contributed by atoms with Crippen molar-refractivity contribution in [1.82, 2.24) is 23.8 Å². The molecule has 0 aliphatic carbocycles. The number of nitrogens with zero attached hydrogens (tertiary/aromatic N) is 4. The topological polar surface area (TPSA) is 89.4 Å². The lowest BCUT2D eigenvalue weighted by Gasteiger charge is -2.36. The van der Waals surface area contributed by atoms with Crippen LogP contribution < -0.4 is 4.72 Å². The van der Waals surface area contributed by atoms with E-state index >= 15 is 0 Å². The van der Waals surface area contributed by atoms with Crippen molar-refractivity contribution in [3.8, 4) is 0 Å². The number of morpholine rings is 1. The Kier molecular flexibility index (Phi) is 4.00. The summed E-state index contributed by atoms with van der Waals surface area (Å²) in [6.07, 6.45) is 3.01. The van der Waals surface area contributed by atoms with Gasteiger partial charge >= 0.3 is 0 Å². The zero-order valence-corrected chi connectivity index (χ0v) is 13.1. The van der Waals surface area contributed by atoms with Crippen LogP contribution in [-0.2, 0) is 21.5 Å². The van der Waals surface area contributed by atoms with Crippen molar-refractivity contribution < 1.29 is 13.2 Å². The van der Waals surface area contributed by atoms with Gasteiger partial charge in [-0.25, -0.2) is 9.67 Å². The van der Waals surface area contributed by atoms with Gasteiger partial charge in [0, 0.05) is 19.1 Å². The Morgan fingerprint density at radius 3 is 3.05 bits per heavy atom. The molecule has 21 heavy (non-hydrogen) atoms. The van der Waals surface area contributed by atoms with Gasteiger partial charge in [0.25, 0.3) is 10.2 Å². The Labute approximate surface area is 124 Å². The number of fused-ring (bicyclic) bond motifs is 1. The smallest absolute Gasteiger partial charge is 0.280 e. The second-order valence-corrected chi connectivity index (χ2v) is 7.38. The molecule has 0 aromatic carbocycles. The molecule has 3 heterocycles. The van der Waals surface area contributed by atoms with Crippen LogP contribution in [0, 0.1) is 0 Å². The minimum atomic E-state index is -3.56. The van der Waals surface area contributed by atoms with E-state index in [9.17, 15) is 8.42 Å². The zero-order chi connectivity index (χ0) is 15.0. The lowest BCUT2D eigenvalue weighted by molar-refractivity contribution is -0.0176. The highest BCUT2D eigenvalue weighted by atomic mass is 32.2. The first-order valence-corrected chi connectivity index (χ1v) is 8.70. The molecule has 1 aromatic heterocycles. The number of ether oxygens (including phenoxy) is 1. The molecule has 0 radical (unpaired) electrons. The predicted molar refractivity (Wildman–Crippen MR) is 75.6 cm³/mol. The van der Waals surface area contributed by atoms with Crippen LogP contribution in [0.5, 0.6) is 0 Å². The molecule has 3 atom stereocenters. The molecule has 2 aliphatic heterocycles. The monoisotopic (exact) mass is 315 g/mol. The van der Waals surface area contributed by atoms with Gasteiger partial charge in [0.15, 0.2) is 0 Å². The maximum Gasteiger partial charge on any atom is 0.280 e. The number of aryl methyl sites for hydroxylation is 1. The van der Waals surface area contributed by atoms with Crippen LogP contribution in [0.2, 0.25) is 0 Å². The summed E-state index contributed by atoms with van der Waals surface area (Å²) in [5.41, 5.74) is 0. The minimum Gasteiger partial charge on any atom is -0.375 e. The molecule has 118 valence electrons. The normalized spacial score (nSPS) is 31.0. The Morgan fingerprint density at radius 1 is 1.43 bits per heavy atom. The van der Waals surface area contributed by atoms with Gasteiger partial charge in [0.1, 0.15) is 12.2 Å². The van der Waals surface area contributed by atoms with E-state index in [1.165, 1.54) is 10.6 Å². The highest BCUT2D eigenvalue weighted by Gasteiger charge is 2.36. The van der Waals surface area contributed by atoms with Crippen molar-refractivity contribution in [2.75, 3.05) is 13.2 Å². The standard InChI is InChI=1S/C12H21N5O3S/c1-9-7-20-10(2)6-17(9)21(18,19)15-11-4-3-5-16-12(11)13-8-14-16/h8-11,15H,3-7H2,1-2H3. The van der Waals surface area contributed by atoms with Crippen molar-refractivity contribution in [1.29, 1.82) is 0 Å². The summed E-state index contributed by atoms with van der Waals surface area (Å²) in [5.74, 6) is 0.693. The molecule has 3 rings (SSSR count). The quantitative estimate of drug-likeness (QED) is 0.852. The van der Waals surface area contributed by atoms with Gasteiger partial charge in [-0.1, -0.05) is 0 Å². The lowest BCUT2D eigenvalue weighted by atomic mass is 10.1. The maximum atomic E-state index is 12.6. The molecular weight excluding hydrogens is 294 g/mol. The van der Waals surface area contributed by atoms with Gasteiger partial charge in [-0.15, -0.1) is 0 Å². The summed E-state index contributed by atoms with van der Waals surface area (Å²) in [6, 6.07) is -0.475. The molecule has 1 aromatic rings. The summed E-state index contributed by atoms with van der Waals surface area (Å²) < 4.78 is 36.8. The van der Waals surface area contributed by atoms with E-state index < -0.39 is 10.2 Å². The van der Waals surface area contributed by atoms with Gasteiger partial charge in [-0.05, 0) is 26.7 Å². The van der Waals surface area contributed by atoms with Crippen molar-refractivity contribution >= 4 is 10.2 Å². The first-order chi connectivity index (χ1) is 9.97. The van der Waals surface area contributed by atoms with E-state index in [0.29, 0.717) is 19.0 Å². The second kappa shape index (κ2) is 5.64. The average molecular weight is 315 g/mol. The molecule has 0 bridgehead atoms. The number of hydrogen-bond donors (Lipinski definition) is 1. The van der Waals surface area contributed by atoms with Crippen LogP contribution in [0.1, 0.15) is 38.6 Å². The van der Waals surface area contributed by atoms with Crippen molar-refractivity contribution in [3.05, 3.63) is 12.2 Å². The molecule has 3 unspecified atom stereocenters. The van der Waals surface area contributed by atoms with Crippen LogP contribution in [0.25, 0.3) is 0 Å². The third kappa shape index (κ3) is 2.96. The van der Waals surface area contributed by atoms with Gasteiger partial charge in [0.2, 0.25) is 0 Å². The summed E-state index contributed by atoms with van der Waals surface area (Å²) in [4.78, 5) is 4.18. The van der Waals surface area contributed by atoms with E-state index in [1.807, 2.05) is 13.8 Å². The van der Waals surface area contributed by atoms with Crippen LogP contribution in [0.3, 0.4) is 0 Å². The van der Waals surface area contributed by atoms with Crippen molar-refractivity contribution in [2.24, 2.45) is 0 Å². The fourth-order valence-electron chi connectivity index (χ4n) is 2.86. The largest absolute Gasteiger partial charge is 0.375 e. The van der Waals surface area contributed by atoms with E-state index in [0.717, 1.165) is 19.4 Å². The third-order valence-electron chi connectivity index (χ3n) is 3.97. The third-order valence-corrected chi connectivity index (χ3v) is 5.68. The van der Waals surface area contributed by atoms with E-state index in [1.54, 1.807) is 4.68 Å². The molecule has 0 saturated carbocycles. The molecule has 2 aliphatic rings. The van der Waals surface area contributed by atoms with Crippen LogP contribution in [0.4, 0.5) is 0 Å². The molecule has 9 heteroatoms. The lowest BCUT2D eigenvalue weighted by Crippen LogP contribution is -2.54. The van der Waals surface area contributed by atoms with Gasteiger partial charge in [-0.3, -0.25) is 0 Å². The van der Waals surface area contributed by atoms with Gasteiger partial charge < -0.3 is 4.74 Å². The minimum absolute atomic E-state index is 0.0900. The fraction of sp³-hybridized carbons (Fsp3) is 0.833. The number of rotatable bonds is 3. The molecule has 0 spiro atoms. The number of nitrogens with one attached hydrogen (secondary N) is 1. The Bertz CT molecular complexity index is 602. The summed E-state index contributed by atoms with van der Waals surface area (Å²) in [7, 11) is -3.56. The first-order valence-electron chi connectivity index (χ1n) is 7.26. The SMILES string of the molecule is CC1CN(S(=O)(=O)NC2CCCn3ncnc32)C(C)CO1. The van der Waals surface area contributed by atoms with Crippen LogP contribution in [0.15, 0.2) is 6.33 Å². The summed E-state index contributed by atoms with van der Waals surface area (Å²) in [6.45, 7) is 5.32. The number of hydrogen-bond acceptors (Lipinski definition) is 5.